The number of rotatable bonds is 3. The minimum atomic E-state index is -0.390. The van der Waals surface area contributed by atoms with Crippen LogP contribution in [0.3, 0.4) is 0 Å². The number of nitrogens with one attached hydrogen (secondary N) is 1. The van der Waals surface area contributed by atoms with Crippen LogP contribution in [0.25, 0.3) is 0 Å². The van der Waals surface area contributed by atoms with E-state index >= 15 is 0 Å². The normalized spacial score (nSPS) is 11.4. The fourth-order valence-corrected chi connectivity index (χ4v) is 1.22. The summed E-state index contributed by atoms with van der Waals surface area (Å²) in [4.78, 5) is 0. The third-order valence-corrected chi connectivity index (χ3v) is 2.01. The van der Waals surface area contributed by atoms with E-state index in [2.05, 4.69) is 26.4 Å². The highest BCUT2D eigenvalue weighted by molar-refractivity contribution is 9.10. The van der Waals surface area contributed by atoms with Crippen molar-refractivity contribution < 1.29 is 9.60 Å². The van der Waals surface area contributed by atoms with Gasteiger partial charge in [0.15, 0.2) is 5.84 Å². The minimum absolute atomic E-state index is 0.00984. The molecule has 0 radical (unpaired) electrons. The maximum atomic E-state index is 13.1. The highest BCUT2D eigenvalue weighted by Gasteiger charge is 2.02. The summed E-state index contributed by atoms with van der Waals surface area (Å²) in [5, 5.41) is 13.7. The third-order valence-electron chi connectivity index (χ3n) is 1.52. The lowest BCUT2D eigenvalue weighted by Crippen LogP contribution is -2.22. The molecule has 0 aromatic heterocycles. The van der Waals surface area contributed by atoms with Crippen LogP contribution < -0.4 is 11.1 Å². The molecule has 6 heteroatoms. The number of hydrogen-bond donors (Lipinski definition) is 3. The number of nitrogens with zero attached hydrogens (tertiary/aromatic N) is 1. The van der Waals surface area contributed by atoms with Crippen LogP contribution in [0.15, 0.2) is 27.8 Å². The van der Waals surface area contributed by atoms with E-state index in [1.165, 1.54) is 6.07 Å². The van der Waals surface area contributed by atoms with E-state index in [-0.39, 0.29) is 18.2 Å². The van der Waals surface area contributed by atoms with Gasteiger partial charge >= 0.3 is 0 Å². The highest BCUT2D eigenvalue weighted by Crippen LogP contribution is 2.19. The molecule has 0 saturated heterocycles. The van der Waals surface area contributed by atoms with Crippen molar-refractivity contribution in [2.75, 3.05) is 11.9 Å². The average Bonchev–Trinajstić information content (AvgIpc) is 2.19. The monoisotopic (exact) mass is 261 g/mol. The Hall–Kier alpha value is -1.30. The van der Waals surface area contributed by atoms with Crippen LogP contribution in [0.2, 0.25) is 0 Å². The zero-order valence-corrected chi connectivity index (χ0v) is 8.75. The summed E-state index contributed by atoms with van der Waals surface area (Å²) in [6.07, 6.45) is 0. The predicted octanol–water partition coefficient (Wildman–Crippen LogP) is 1.75. The Morgan fingerprint density at radius 2 is 2.36 bits per heavy atom. The smallest absolute Gasteiger partial charge is 0.158 e. The second kappa shape index (κ2) is 4.80. The number of halogens is 2. The van der Waals surface area contributed by atoms with Crippen LogP contribution in [0, 0.1) is 5.82 Å². The molecule has 14 heavy (non-hydrogen) atoms. The number of amidine groups is 1. The quantitative estimate of drug-likeness (QED) is 0.336. The van der Waals surface area contributed by atoms with E-state index in [0.717, 1.165) is 4.47 Å². The number of nitrogens with two attached hydrogens (primary N) is 1. The van der Waals surface area contributed by atoms with E-state index in [1.54, 1.807) is 12.1 Å². The molecule has 1 aromatic carbocycles. The van der Waals surface area contributed by atoms with Crippen LogP contribution >= 0.6 is 15.9 Å². The molecule has 4 nitrogen and oxygen atoms in total. The molecule has 0 atom stereocenters. The molecule has 0 aliphatic heterocycles. The molecule has 76 valence electrons. The van der Waals surface area contributed by atoms with Crippen LogP contribution in [-0.2, 0) is 0 Å². The highest BCUT2D eigenvalue weighted by atomic mass is 79.9. The molecule has 1 rings (SSSR count). The van der Waals surface area contributed by atoms with Gasteiger partial charge in [-0.3, -0.25) is 0 Å². The van der Waals surface area contributed by atoms with Crippen LogP contribution in [0.4, 0.5) is 10.1 Å². The zero-order chi connectivity index (χ0) is 10.6. The van der Waals surface area contributed by atoms with Crippen molar-refractivity contribution in [3.8, 4) is 0 Å². The van der Waals surface area contributed by atoms with Crippen molar-refractivity contribution >= 4 is 27.5 Å². The maximum Gasteiger partial charge on any atom is 0.158 e. The maximum absolute atomic E-state index is 13.1. The van der Waals surface area contributed by atoms with E-state index in [9.17, 15) is 4.39 Å². The standard InChI is InChI=1S/C8H9BrFN3O/c9-5-1-2-6(10)7(3-5)12-4-8(11)13-14/h1-3,12,14H,4H2,(H2,11,13). The summed E-state index contributed by atoms with van der Waals surface area (Å²) in [5.41, 5.74) is 5.51. The number of oxime groups is 1. The Balaban J connectivity index is 2.71. The summed E-state index contributed by atoms with van der Waals surface area (Å²) in [6, 6.07) is 4.47. The van der Waals surface area contributed by atoms with Crippen molar-refractivity contribution in [1.82, 2.24) is 0 Å². The predicted molar refractivity (Wildman–Crippen MR) is 56.0 cm³/mol. The molecule has 0 heterocycles. The Kier molecular flexibility index (Phi) is 3.70. The Morgan fingerprint density at radius 1 is 1.64 bits per heavy atom. The topological polar surface area (TPSA) is 70.6 Å². The molecule has 1 aromatic rings. The number of hydrogen-bond acceptors (Lipinski definition) is 3. The molecular formula is C8H9BrFN3O. The fourth-order valence-electron chi connectivity index (χ4n) is 0.854. The summed E-state index contributed by atoms with van der Waals surface area (Å²) in [5.74, 6) is -0.400. The van der Waals surface area contributed by atoms with Gasteiger partial charge in [-0.2, -0.15) is 0 Å². The van der Waals surface area contributed by atoms with Crippen molar-refractivity contribution in [3.05, 3.63) is 28.5 Å². The fraction of sp³-hybridized carbons (Fsp3) is 0.125. The number of anilines is 1. The van der Waals surface area contributed by atoms with Gasteiger partial charge in [-0.25, -0.2) is 4.39 Å². The summed E-state index contributed by atoms with van der Waals surface area (Å²) < 4.78 is 13.8. The summed E-state index contributed by atoms with van der Waals surface area (Å²) in [7, 11) is 0. The van der Waals surface area contributed by atoms with Gasteiger partial charge < -0.3 is 16.3 Å². The van der Waals surface area contributed by atoms with Crippen LogP contribution in [0.5, 0.6) is 0 Å². The first kappa shape index (κ1) is 10.8. The van der Waals surface area contributed by atoms with Crippen molar-refractivity contribution in [2.45, 2.75) is 0 Å². The zero-order valence-electron chi connectivity index (χ0n) is 7.17. The van der Waals surface area contributed by atoms with Crippen molar-refractivity contribution in [2.24, 2.45) is 10.9 Å². The molecule has 0 spiro atoms. The van der Waals surface area contributed by atoms with Crippen LogP contribution in [-0.4, -0.2) is 17.6 Å². The second-order valence-electron chi connectivity index (χ2n) is 2.57. The molecule has 0 fully saturated rings. The largest absolute Gasteiger partial charge is 0.409 e. The molecule has 0 saturated carbocycles. The Morgan fingerprint density at radius 3 is 3.00 bits per heavy atom. The van der Waals surface area contributed by atoms with Gasteiger partial charge in [0, 0.05) is 4.47 Å². The first-order valence-corrected chi connectivity index (χ1v) is 4.58. The van der Waals surface area contributed by atoms with E-state index in [1.807, 2.05) is 0 Å². The SMILES string of the molecule is NC(CNc1cc(Br)ccc1F)=NO. The second-order valence-corrected chi connectivity index (χ2v) is 3.48. The molecular weight excluding hydrogens is 253 g/mol. The summed E-state index contributed by atoms with van der Waals surface area (Å²) >= 11 is 3.20. The van der Waals surface area contributed by atoms with E-state index in [4.69, 9.17) is 10.9 Å². The Bertz CT molecular complexity index is 356. The minimum Gasteiger partial charge on any atom is -0.409 e. The van der Waals surface area contributed by atoms with Gasteiger partial charge in [0.25, 0.3) is 0 Å². The number of benzene rings is 1. The van der Waals surface area contributed by atoms with E-state index < -0.39 is 0 Å². The van der Waals surface area contributed by atoms with Gasteiger partial charge in [-0.15, -0.1) is 0 Å². The van der Waals surface area contributed by atoms with E-state index in [0.29, 0.717) is 5.69 Å². The lowest BCUT2D eigenvalue weighted by Gasteiger charge is -2.06. The molecule has 0 amide bonds. The van der Waals surface area contributed by atoms with Crippen molar-refractivity contribution in [3.63, 3.8) is 0 Å². The van der Waals surface area contributed by atoms with Gasteiger partial charge in [0.2, 0.25) is 0 Å². The lowest BCUT2D eigenvalue weighted by atomic mass is 10.3. The van der Waals surface area contributed by atoms with Gasteiger partial charge in [0.1, 0.15) is 5.82 Å². The molecule has 0 bridgehead atoms. The van der Waals surface area contributed by atoms with Gasteiger partial charge in [0.05, 0.1) is 12.2 Å². The summed E-state index contributed by atoms with van der Waals surface area (Å²) in [6.45, 7) is 0.0872. The third kappa shape index (κ3) is 2.88. The molecule has 0 unspecified atom stereocenters. The molecule has 4 N–H and O–H groups in total. The van der Waals surface area contributed by atoms with Gasteiger partial charge in [-0.05, 0) is 18.2 Å². The first-order chi connectivity index (χ1) is 6.63. The molecule has 0 aliphatic carbocycles. The average molecular weight is 262 g/mol. The van der Waals surface area contributed by atoms with Gasteiger partial charge in [-0.1, -0.05) is 21.1 Å². The first-order valence-electron chi connectivity index (χ1n) is 3.79. The molecule has 0 aliphatic rings. The lowest BCUT2D eigenvalue weighted by molar-refractivity contribution is 0.317. The Labute approximate surface area is 88.7 Å². The van der Waals surface area contributed by atoms with Crippen molar-refractivity contribution in [1.29, 1.82) is 0 Å². The van der Waals surface area contributed by atoms with Crippen LogP contribution in [0.1, 0.15) is 0 Å².